The van der Waals surface area contributed by atoms with Gasteiger partial charge in [-0.05, 0) is 26.2 Å². The average molecular weight is 312 g/mol. The van der Waals surface area contributed by atoms with Gasteiger partial charge in [-0.1, -0.05) is 18.3 Å². The van der Waals surface area contributed by atoms with E-state index in [4.69, 9.17) is 10.5 Å². The van der Waals surface area contributed by atoms with Crippen LogP contribution in [-0.2, 0) is 4.74 Å². The van der Waals surface area contributed by atoms with Gasteiger partial charge in [0.1, 0.15) is 10.7 Å². The molecule has 0 radical (unpaired) electrons. The third-order valence-electron chi connectivity index (χ3n) is 3.55. The zero-order valence-corrected chi connectivity index (χ0v) is 13.7. The Bertz CT molecular complexity index is 491. The average Bonchev–Trinajstić information content (AvgIpc) is 2.81. The number of aromatic nitrogens is 1. The topological polar surface area (TPSA) is 80.5 Å². The van der Waals surface area contributed by atoms with Crippen LogP contribution in [-0.4, -0.2) is 43.2 Å². The molecule has 0 saturated carbocycles. The molecule has 7 heteroatoms. The second-order valence-electron chi connectivity index (χ2n) is 5.51. The lowest BCUT2D eigenvalue weighted by Crippen LogP contribution is -2.41. The molecule has 1 aliphatic heterocycles. The Kier molecular flexibility index (Phi) is 5.41. The maximum absolute atomic E-state index is 12.4. The highest BCUT2D eigenvalue weighted by Gasteiger charge is 2.24. The number of hydrogen-bond acceptors (Lipinski definition) is 6. The number of carbonyl (C=O) groups is 1. The molecule has 2 atom stereocenters. The molecule has 21 heavy (non-hydrogen) atoms. The number of nitrogens with one attached hydrogen (secondary N) is 1. The van der Waals surface area contributed by atoms with Crippen molar-refractivity contribution in [3.05, 3.63) is 4.88 Å². The van der Waals surface area contributed by atoms with Gasteiger partial charge < -0.3 is 20.7 Å². The number of thiazole rings is 1. The Morgan fingerprint density at radius 1 is 1.62 bits per heavy atom. The zero-order chi connectivity index (χ0) is 15.4. The maximum atomic E-state index is 12.4. The molecule has 118 valence electrons. The molecular weight excluding hydrogens is 288 g/mol. The number of hydrogen-bond donors (Lipinski definition) is 2. The fraction of sp³-hybridized carbons (Fsp3) is 0.714. The minimum atomic E-state index is -0.125. The Hall–Kier alpha value is -1.34. The maximum Gasteiger partial charge on any atom is 0.265 e. The molecule has 1 aromatic rings. The van der Waals surface area contributed by atoms with Crippen LogP contribution in [0.5, 0.6) is 0 Å². The Balaban J connectivity index is 2.02. The molecule has 1 aliphatic rings. The van der Waals surface area contributed by atoms with Gasteiger partial charge in [0.05, 0.1) is 6.10 Å². The van der Waals surface area contributed by atoms with Crippen molar-refractivity contribution in [1.29, 1.82) is 0 Å². The minimum Gasteiger partial charge on any atom is -0.382 e. The summed E-state index contributed by atoms with van der Waals surface area (Å²) in [4.78, 5) is 19.2. The molecule has 1 fully saturated rings. The van der Waals surface area contributed by atoms with Crippen LogP contribution in [0.25, 0.3) is 0 Å². The number of rotatable bonds is 5. The third kappa shape index (κ3) is 4.07. The minimum absolute atomic E-state index is 0.125. The van der Waals surface area contributed by atoms with E-state index in [-0.39, 0.29) is 18.1 Å². The standard InChI is InChI=1S/C14H24N4O2S/c1-4-6-18(3)14-17-12(15)11(21-14)13(19)16-10-5-7-20-9(2)8-10/h9-10H,4-8,15H2,1-3H3,(H,16,19). The third-order valence-corrected chi connectivity index (χ3v) is 4.74. The molecule has 6 nitrogen and oxygen atoms in total. The van der Waals surface area contributed by atoms with Gasteiger partial charge in [-0.25, -0.2) is 4.98 Å². The predicted octanol–water partition coefficient (Wildman–Crippen LogP) is 1.87. The first-order valence-corrected chi connectivity index (χ1v) is 8.22. The summed E-state index contributed by atoms with van der Waals surface area (Å²) >= 11 is 1.35. The Labute approximate surface area is 129 Å². The molecule has 0 spiro atoms. The highest BCUT2D eigenvalue weighted by molar-refractivity contribution is 7.18. The molecule has 1 aromatic heterocycles. The second kappa shape index (κ2) is 7.09. The summed E-state index contributed by atoms with van der Waals surface area (Å²) < 4.78 is 5.49. The predicted molar refractivity (Wildman–Crippen MR) is 86.0 cm³/mol. The van der Waals surface area contributed by atoms with Gasteiger partial charge in [-0.3, -0.25) is 4.79 Å². The zero-order valence-electron chi connectivity index (χ0n) is 12.9. The Morgan fingerprint density at radius 2 is 2.38 bits per heavy atom. The number of anilines is 2. The van der Waals surface area contributed by atoms with Crippen LogP contribution >= 0.6 is 11.3 Å². The van der Waals surface area contributed by atoms with Gasteiger partial charge in [0.15, 0.2) is 5.13 Å². The Morgan fingerprint density at radius 3 is 3.05 bits per heavy atom. The first-order valence-electron chi connectivity index (χ1n) is 7.41. The smallest absolute Gasteiger partial charge is 0.265 e. The normalized spacial score (nSPS) is 22.0. The SMILES string of the molecule is CCCN(C)c1nc(N)c(C(=O)NC2CCOC(C)C2)s1. The van der Waals surface area contributed by atoms with Gasteiger partial charge in [0, 0.05) is 26.2 Å². The van der Waals surface area contributed by atoms with Gasteiger partial charge in [0.2, 0.25) is 0 Å². The lowest BCUT2D eigenvalue weighted by molar-refractivity contribution is 0.0137. The quantitative estimate of drug-likeness (QED) is 0.867. The summed E-state index contributed by atoms with van der Waals surface area (Å²) in [5.41, 5.74) is 5.90. The number of nitrogens with two attached hydrogens (primary N) is 1. The molecule has 1 saturated heterocycles. The fourth-order valence-corrected chi connectivity index (χ4v) is 3.33. The molecule has 2 rings (SSSR count). The summed E-state index contributed by atoms with van der Waals surface area (Å²) in [5, 5.41) is 3.84. The molecule has 1 amide bonds. The van der Waals surface area contributed by atoms with E-state index < -0.39 is 0 Å². The van der Waals surface area contributed by atoms with E-state index in [1.54, 1.807) is 0 Å². The molecular formula is C14H24N4O2S. The highest BCUT2D eigenvalue weighted by Crippen LogP contribution is 2.28. The summed E-state index contributed by atoms with van der Waals surface area (Å²) in [6, 6.07) is 0.152. The lowest BCUT2D eigenvalue weighted by atomic mass is 10.0. The van der Waals surface area contributed by atoms with Crippen molar-refractivity contribution >= 4 is 28.2 Å². The van der Waals surface area contributed by atoms with Crippen LogP contribution < -0.4 is 16.0 Å². The van der Waals surface area contributed by atoms with E-state index in [1.165, 1.54) is 11.3 Å². The molecule has 3 N–H and O–H groups in total. The van der Waals surface area contributed by atoms with Crippen molar-refractivity contribution in [2.75, 3.05) is 30.8 Å². The van der Waals surface area contributed by atoms with E-state index in [0.29, 0.717) is 17.3 Å². The molecule has 0 aromatic carbocycles. The van der Waals surface area contributed by atoms with Crippen LogP contribution in [0.2, 0.25) is 0 Å². The first-order chi connectivity index (χ1) is 10.0. The van der Waals surface area contributed by atoms with Crippen molar-refractivity contribution in [3.8, 4) is 0 Å². The fourth-order valence-electron chi connectivity index (χ4n) is 2.46. The van der Waals surface area contributed by atoms with Crippen LogP contribution in [0.4, 0.5) is 10.9 Å². The van der Waals surface area contributed by atoms with Crippen molar-refractivity contribution in [3.63, 3.8) is 0 Å². The number of nitrogens with zero attached hydrogens (tertiary/aromatic N) is 2. The lowest BCUT2D eigenvalue weighted by Gasteiger charge is -2.27. The molecule has 2 unspecified atom stereocenters. The van der Waals surface area contributed by atoms with Crippen LogP contribution in [0.3, 0.4) is 0 Å². The van der Waals surface area contributed by atoms with E-state index >= 15 is 0 Å². The van der Waals surface area contributed by atoms with Gasteiger partial charge in [-0.15, -0.1) is 0 Å². The molecule has 2 heterocycles. The first kappa shape index (κ1) is 16.0. The molecule has 0 bridgehead atoms. The highest BCUT2D eigenvalue weighted by atomic mass is 32.1. The monoisotopic (exact) mass is 312 g/mol. The number of carbonyl (C=O) groups excluding carboxylic acids is 1. The number of nitrogen functional groups attached to an aromatic ring is 1. The van der Waals surface area contributed by atoms with E-state index in [2.05, 4.69) is 17.2 Å². The number of ether oxygens (including phenoxy) is 1. The van der Waals surface area contributed by atoms with E-state index in [9.17, 15) is 4.79 Å². The van der Waals surface area contributed by atoms with Crippen LogP contribution in [0.15, 0.2) is 0 Å². The summed E-state index contributed by atoms with van der Waals surface area (Å²) in [5.74, 6) is 0.191. The second-order valence-corrected chi connectivity index (χ2v) is 6.49. The van der Waals surface area contributed by atoms with Crippen molar-refractivity contribution in [2.24, 2.45) is 0 Å². The van der Waals surface area contributed by atoms with Crippen LogP contribution in [0, 0.1) is 0 Å². The van der Waals surface area contributed by atoms with Crippen LogP contribution in [0.1, 0.15) is 42.8 Å². The van der Waals surface area contributed by atoms with Crippen molar-refractivity contribution in [2.45, 2.75) is 45.3 Å². The van der Waals surface area contributed by atoms with Gasteiger partial charge >= 0.3 is 0 Å². The number of amides is 1. The van der Waals surface area contributed by atoms with Gasteiger partial charge in [-0.2, -0.15) is 0 Å². The molecule has 0 aliphatic carbocycles. The largest absolute Gasteiger partial charge is 0.382 e. The van der Waals surface area contributed by atoms with Crippen molar-refractivity contribution in [1.82, 2.24) is 10.3 Å². The van der Waals surface area contributed by atoms with Gasteiger partial charge in [0.25, 0.3) is 5.91 Å². The van der Waals surface area contributed by atoms with Crippen molar-refractivity contribution < 1.29 is 9.53 Å². The van der Waals surface area contributed by atoms with E-state index in [1.807, 2.05) is 18.9 Å². The summed E-state index contributed by atoms with van der Waals surface area (Å²) in [7, 11) is 1.96. The van der Waals surface area contributed by atoms with E-state index in [0.717, 1.165) is 30.9 Å². The summed E-state index contributed by atoms with van der Waals surface area (Å²) in [6.07, 6.45) is 2.90. The summed E-state index contributed by atoms with van der Waals surface area (Å²) in [6.45, 7) is 5.71.